The summed E-state index contributed by atoms with van der Waals surface area (Å²) < 4.78 is 0. The third-order valence-electron chi connectivity index (χ3n) is 3.32. The quantitative estimate of drug-likeness (QED) is 0.706. The molecule has 102 valence electrons. The summed E-state index contributed by atoms with van der Waals surface area (Å²) in [7, 11) is 0. The molecular weight excluding hydrogens is 268 g/mol. The van der Waals surface area contributed by atoms with E-state index in [-0.39, 0.29) is 0 Å². The molecule has 0 radical (unpaired) electrons. The fraction of sp³-hybridized carbons (Fsp3) is 0.188. The zero-order valence-corrected chi connectivity index (χ0v) is 11.9. The number of rotatable bonds is 5. The van der Waals surface area contributed by atoms with Crippen molar-refractivity contribution in [3.63, 3.8) is 0 Å². The monoisotopic (exact) mass is 284 g/mol. The van der Waals surface area contributed by atoms with E-state index >= 15 is 0 Å². The minimum atomic E-state index is 0.352. The van der Waals surface area contributed by atoms with E-state index in [0.29, 0.717) is 12.3 Å². The second kappa shape index (κ2) is 6.03. The third kappa shape index (κ3) is 2.81. The van der Waals surface area contributed by atoms with E-state index in [1.165, 1.54) is 0 Å². The van der Waals surface area contributed by atoms with Crippen LogP contribution in [-0.4, -0.2) is 16.6 Å². The van der Waals surface area contributed by atoms with Crippen LogP contribution in [0.5, 0.6) is 5.75 Å². The smallest absolute Gasteiger partial charge is 0.120 e. The Morgan fingerprint density at radius 3 is 2.90 bits per heavy atom. The number of fused-ring (bicyclic) bond motifs is 1. The van der Waals surface area contributed by atoms with E-state index in [0.717, 1.165) is 34.3 Å². The van der Waals surface area contributed by atoms with Crippen LogP contribution < -0.4 is 5.32 Å². The summed E-state index contributed by atoms with van der Waals surface area (Å²) in [6, 6.07) is 11.8. The predicted molar refractivity (Wildman–Crippen MR) is 83.1 cm³/mol. The molecule has 2 N–H and O–H groups in total. The van der Waals surface area contributed by atoms with Gasteiger partial charge in [0.25, 0.3) is 0 Å². The van der Waals surface area contributed by atoms with Crippen LogP contribution in [0.2, 0.25) is 0 Å². The van der Waals surface area contributed by atoms with Gasteiger partial charge in [0.15, 0.2) is 0 Å². The molecule has 2 aromatic carbocycles. The molecule has 3 aromatic rings. The maximum Gasteiger partial charge on any atom is 0.120 e. The first kappa shape index (κ1) is 13.1. The molecule has 0 spiro atoms. The van der Waals surface area contributed by atoms with Crippen molar-refractivity contribution in [2.45, 2.75) is 13.0 Å². The Bertz CT molecular complexity index is 695. The molecular formula is C16H16N2OS. The van der Waals surface area contributed by atoms with Crippen molar-refractivity contribution in [1.29, 1.82) is 0 Å². The number of aromatic hydroxyl groups is 1. The largest absolute Gasteiger partial charge is 0.508 e. The van der Waals surface area contributed by atoms with Crippen molar-refractivity contribution in [1.82, 2.24) is 10.3 Å². The summed E-state index contributed by atoms with van der Waals surface area (Å²) in [6.45, 7) is 1.52. The molecule has 0 aliphatic rings. The van der Waals surface area contributed by atoms with Crippen molar-refractivity contribution in [3.05, 3.63) is 58.5 Å². The minimum absolute atomic E-state index is 0.352. The van der Waals surface area contributed by atoms with Crippen LogP contribution in [0, 0.1) is 0 Å². The average Bonchev–Trinajstić information content (AvgIpc) is 2.98. The van der Waals surface area contributed by atoms with Gasteiger partial charge in [-0.25, -0.2) is 4.98 Å². The Kier molecular flexibility index (Phi) is 3.95. The van der Waals surface area contributed by atoms with Crippen LogP contribution in [0.15, 0.2) is 48.0 Å². The van der Waals surface area contributed by atoms with Crippen molar-refractivity contribution in [2.75, 3.05) is 6.54 Å². The Balaban J connectivity index is 1.69. The number of hydrogen-bond acceptors (Lipinski definition) is 4. The molecule has 0 aliphatic heterocycles. The SMILES string of the molecule is Oc1ccc2ccccc2c1CNCCc1nccs1. The topological polar surface area (TPSA) is 45.1 Å². The van der Waals surface area contributed by atoms with E-state index in [1.807, 2.05) is 35.8 Å². The number of benzene rings is 2. The Hall–Kier alpha value is -1.91. The van der Waals surface area contributed by atoms with Gasteiger partial charge in [0.2, 0.25) is 0 Å². The molecule has 0 saturated carbocycles. The van der Waals surface area contributed by atoms with E-state index in [9.17, 15) is 5.11 Å². The summed E-state index contributed by atoms with van der Waals surface area (Å²) in [5.74, 6) is 0.352. The van der Waals surface area contributed by atoms with Gasteiger partial charge in [0.05, 0.1) is 5.01 Å². The van der Waals surface area contributed by atoms with Gasteiger partial charge in [-0.15, -0.1) is 11.3 Å². The molecule has 0 bridgehead atoms. The molecule has 0 amide bonds. The molecule has 3 nitrogen and oxygen atoms in total. The second-order valence-corrected chi connectivity index (χ2v) is 5.62. The van der Waals surface area contributed by atoms with Crippen LogP contribution in [-0.2, 0) is 13.0 Å². The molecule has 0 saturated heterocycles. The molecule has 1 aromatic heterocycles. The highest BCUT2D eigenvalue weighted by Gasteiger charge is 2.06. The van der Waals surface area contributed by atoms with Crippen molar-refractivity contribution in [3.8, 4) is 5.75 Å². The lowest BCUT2D eigenvalue weighted by Gasteiger charge is -2.10. The number of hydrogen-bond donors (Lipinski definition) is 2. The molecule has 4 heteroatoms. The van der Waals surface area contributed by atoms with Crippen LogP contribution in [0.4, 0.5) is 0 Å². The summed E-state index contributed by atoms with van der Waals surface area (Å²) in [5, 5.41) is 18.8. The summed E-state index contributed by atoms with van der Waals surface area (Å²) >= 11 is 1.67. The fourth-order valence-corrected chi connectivity index (χ4v) is 2.92. The molecule has 0 atom stereocenters. The predicted octanol–water partition coefficient (Wildman–Crippen LogP) is 3.33. The highest BCUT2D eigenvalue weighted by molar-refractivity contribution is 7.09. The maximum atomic E-state index is 10.0. The first-order valence-corrected chi connectivity index (χ1v) is 7.51. The van der Waals surface area contributed by atoms with Crippen molar-refractivity contribution < 1.29 is 5.11 Å². The third-order valence-corrected chi connectivity index (χ3v) is 4.16. The van der Waals surface area contributed by atoms with Crippen LogP contribution in [0.1, 0.15) is 10.6 Å². The van der Waals surface area contributed by atoms with Gasteiger partial charge in [0.1, 0.15) is 5.75 Å². The average molecular weight is 284 g/mol. The first-order chi connectivity index (χ1) is 9.84. The number of aromatic nitrogens is 1. The van der Waals surface area contributed by atoms with Crippen LogP contribution >= 0.6 is 11.3 Å². The van der Waals surface area contributed by atoms with Crippen LogP contribution in [0.25, 0.3) is 10.8 Å². The number of nitrogens with zero attached hydrogens (tertiary/aromatic N) is 1. The van der Waals surface area contributed by atoms with E-state index in [1.54, 1.807) is 17.4 Å². The van der Waals surface area contributed by atoms with Gasteiger partial charge in [-0.1, -0.05) is 30.3 Å². The standard InChI is InChI=1S/C16H16N2OS/c19-15-6-5-12-3-1-2-4-13(12)14(15)11-17-8-7-16-18-9-10-20-16/h1-6,9-10,17,19H,7-8,11H2. The van der Waals surface area contributed by atoms with Gasteiger partial charge in [0, 0.05) is 36.7 Å². The lowest BCUT2D eigenvalue weighted by Crippen LogP contribution is -2.16. The van der Waals surface area contributed by atoms with Gasteiger partial charge >= 0.3 is 0 Å². The van der Waals surface area contributed by atoms with E-state index in [2.05, 4.69) is 16.4 Å². The Labute approximate surface area is 121 Å². The lowest BCUT2D eigenvalue weighted by molar-refractivity contribution is 0.466. The van der Waals surface area contributed by atoms with Crippen molar-refractivity contribution in [2.24, 2.45) is 0 Å². The molecule has 0 aliphatic carbocycles. The number of thiazole rings is 1. The van der Waals surface area contributed by atoms with E-state index in [4.69, 9.17) is 0 Å². The summed E-state index contributed by atoms with van der Waals surface area (Å²) in [5.41, 5.74) is 0.960. The minimum Gasteiger partial charge on any atom is -0.508 e. The van der Waals surface area contributed by atoms with Gasteiger partial charge < -0.3 is 10.4 Å². The Morgan fingerprint density at radius 2 is 2.05 bits per heavy atom. The fourth-order valence-electron chi connectivity index (χ4n) is 2.30. The lowest BCUT2D eigenvalue weighted by atomic mass is 10.0. The van der Waals surface area contributed by atoms with Gasteiger partial charge in [-0.3, -0.25) is 0 Å². The Morgan fingerprint density at radius 1 is 1.15 bits per heavy atom. The van der Waals surface area contributed by atoms with E-state index < -0.39 is 0 Å². The first-order valence-electron chi connectivity index (χ1n) is 6.63. The molecule has 20 heavy (non-hydrogen) atoms. The molecule has 0 unspecified atom stereocenters. The normalized spacial score (nSPS) is 11.0. The van der Waals surface area contributed by atoms with Crippen molar-refractivity contribution >= 4 is 22.1 Å². The zero-order chi connectivity index (χ0) is 13.8. The van der Waals surface area contributed by atoms with Gasteiger partial charge in [-0.2, -0.15) is 0 Å². The highest BCUT2D eigenvalue weighted by atomic mass is 32.1. The second-order valence-electron chi connectivity index (χ2n) is 4.64. The highest BCUT2D eigenvalue weighted by Crippen LogP contribution is 2.26. The van der Waals surface area contributed by atoms with Gasteiger partial charge in [-0.05, 0) is 16.8 Å². The maximum absolute atomic E-state index is 10.0. The number of phenols is 1. The molecule has 0 fully saturated rings. The zero-order valence-electron chi connectivity index (χ0n) is 11.0. The van der Waals surface area contributed by atoms with Crippen LogP contribution in [0.3, 0.4) is 0 Å². The number of nitrogens with one attached hydrogen (secondary N) is 1. The summed E-state index contributed by atoms with van der Waals surface area (Å²) in [4.78, 5) is 4.26. The molecule has 1 heterocycles. The number of phenolic OH excluding ortho intramolecular Hbond substituents is 1. The summed E-state index contributed by atoms with van der Waals surface area (Å²) in [6.07, 6.45) is 2.75. The molecule has 3 rings (SSSR count).